The molecule has 0 spiro atoms. The van der Waals surface area contributed by atoms with E-state index in [1.807, 2.05) is 77.8 Å². The monoisotopic (exact) mass is 2040 g/mol. The SMILES string of the molecule is Brc1cccc2c1C=NC2.CC1CC[C@H](CC(C(=O)Nc2ncc(Cl)s2)n2ncc3c(S(=O)(=O)C4CC4)cccc32)C1.COC(=O)C(Br)C[C@@H]1CCC(OCc2ccccc2)C1.COC(=O)C(C[C@H]1CCC(C)C1)n1ncc2c(Br)cccc21.COC(=O)C(C[C@H]1CCC(C)C1)n1ncc2c(S(=O)(=O)C3CC3)cccc21.Nc1ncc(Cl)s1.O=S([O-])C1CC1.[Na+]. The number of hydrogen-bond donors (Lipinski definition) is 2. The number of anilines is 2. The number of fused-ring (bicyclic) bond motifs is 4. The number of thiazole rings is 2. The van der Waals surface area contributed by atoms with Crippen LogP contribution in [0.5, 0.6) is 0 Å². The maximum Gasteiger partial charge on any atom is 1.00 e. The van der Waals surface area contributed by atoms with Crippen LogP contribution in [0.4, 0.5) is 10.3 Å². The van der Waals surface area contributed by atoms with Crippen molar-refractivity contribution in [3.8, 4) is 0 Å². The maximum absolute atomic E-state index is 13.4. The van der Waals surface area contributed by atoms with E-state index in [0.717, 1.165) is 122 Å². The molecule has 9 unspecified atom stereocenters. The van der Waals surface area contributed by atoms with Crippen LogP contribution in [-0.4, -0.2) is 143 Å². The van der Waals surface area contributed by atoms with Crippen LogP contribution in [-0.2, 0) is 82.0 Å². The van der Waals surface area contributed by atoms with Gasteiger partial charge in [-0.2, -0.15) is 15.3 Å². The molecule has 8 aliphatic rings. The Hall–Kier alpha value is -5.89. The number of aliphatic imine (C=N–C) groups is 1. The van der Waals surface area contributed by atoms with Gasteiger partial charge < -0.3 is 34.6 Å². The summed E-state index contributed by atoms with van der Waals surface area (Å²) in [5.74, 6) is 3.15. The Morgan fingerprint density at radius 2 is 1.01 bits per heavy atom. The third-order valence-electron chi connectivity index (χ3n) is 24.0. The smallest absolute Gasteiger partial charge is 0.772 e. The zero-order valence-corrected chi connectivity index (χ0v) is 83.5. The van der Waals surface area contributed by atoms with E-state index in [1.54, 1.807) is 46.0 Å². The molecule has 0 bridgehead atoms. The Morgan fingerprint density at radius 1 is 0.552 bits per heavy atom. The zero-order valence-electron chi connectivity index (χ0n) is 71.2. The number of sulfone groups is 2. The number of rotatable bonds is 24. The van der Waals surface area contributed by atoms with Gasteiger partial charge in [0.25, 0.3) is 5.91 Å². The fourth-order valence-corrected chi connectivity index (χ4v) is 24.5. The number of nitrogen functional groups attached to an aromatic ring is 1. The van der Waals surface area contributed by atoms with E-state index in [0.29, 0.717) is 124 Å². The number of methoxy groups -OCH3 is 3. The van der Waals surface area contributed by atoms with Gasteiger partial charge in [0.05, 0.1) is 108 Å². The standard InChI is InChI=1S/C22H25ClN4O3S2.C20H26N2O4S.C17H21BrN2O2.C16H21BrO3.C8H6BrN.C3H3ClN2S.C3H6O2S.Na/c1-13-5-6-14(9-13)10-18(21(28)26-22-24-12-20(23)31-22)27-17-3-2-4-19(16(17)11-25-27)32(29,30)15-7-8-15;1-13-6-7-14(10-13)11-18(20(23)26-2)22-17-4-3-5-19(16(17)12-21-22)27(24,25)15-8-9-15;1-11-6-7-12(8-11)9-16(17(21)22-2)20-15-5-3-4-14(18)13(15)10-19-20;1-19-16(18)15(17)10-13-7-8-14(9-13)20-11-12-5-3-2-4-6-12;9-8-3-1-2-6-4-10-5-7(6)8;4-2-1-6-3(5)7-2;4-6(5)3-1-2-3;/h2-4,11-15,18H,5-10H2,1H3,(H,24,26,28);3-5,12-15,18H,6-11H2,1-2H3;3-5,10-12,16H,6-9H2,1-2H3;2-6,13-15H,7-11H2,1H3;1-3,5H,4H2;1H,(H2,5,6);3H,1-2H2,(H,4,5);/q;;;;;;;+1/p-1/t2*13?,14-,18?;11?,12-,16?;13-,14?,15?;;;;/m0001..../s1. The van der Waals surface area contributed by atoms with Crippen molar-refractivity contribution in [2.24, 2.45) is 46.4 Å². The molecule has 668 valence electrons. The van der Waals surface area contributed by atoms with E-state index in [-0.39, 0.29) is 80.0 Å². The van der Waals surface area contributed by atoms with Gasteiger partial charge in [-0.25, -0.2) is 36.4 Å². The Kier molecular flexibility index (Phi) is 37.3. The summed E-state index contributed by atoms with van der Waals surface area (Å²) in [6, 6.07) is 31.4. The number of alkyl halides is 1. The Labute approximate surface area is 799 Å². The molecule has 18 rings (SSSR count). The van der Waals surface area contributed by atoms with Gasteiger partial charge in [0.1, 0.15) is 31.6 Å². The second-order valence-electron chi connectivity index (χ2n) is 33.5. The van der Waals surface area contributed by atoms with Gasteiger partial charge >= 0.3 is 47.5 Å². The second-order valence-corrected chi connectivity index (χ2v) is 45.2. The minimum Gasteiger partial charge on any atom is -0.772 e. The van der Waals surface area contributed by atoms with E-state index in [2.05, 4.69) is 122 Å². The summed E-state index contributed by atoms with van der Waals surface area (Å²) >= 11 is 22.5. The molecule has 1 amide bonds. The van der Waals surface area contributed by atoms with Crippen LogP contribution in [0.25, 0.3) is 32.7 Å². The van der Waals surface area contributed by atoms with Crippen LogP contribution in [0.3, 0.4) is 0 Å². The normalized spacial score (nSPS) is 21.6. The minimum absolute atomic E-state index is 0. The van der Waals surface area contributed by atoms with E-state index >= 15 is 0 Å². The molecule has 3 N–H and O–H groups in total. The molecule has 7 aliphatic carbocycles. The molecule has 0 saturated heterocycles. The fraction of sp³-hybridized carbons (Fsp3) is 0.506. The molecule has 1 aliphatic heterocycles. The van der Waals surface area contributed by atoms with Crippen LogP contribution < -0.4 is 40.6 Å². The molecule has 25 nitrogen and oxygen atoms in total. The number of benzene rings is 5. The first-order chi connectivity index (χ1) is 59.5. The molecule has 36 heteroatoms. The summed E-state index contributed by atoms with van der Waals surface area (Å²) in [5, 5.41) is 18.9. The number of hydrogen-bond acceptors (Lipinski definition) is 23. The van der Waals surface area contributed by atoms with Crippen molar-refractivity contribution in [3.63, 3.8) is 0 Å². The van der Waals surface area contributed by atoms with Crippen molar-refractivity contribution >= 4 is 197 Å². The minimum atomic E-state index is -3.38. The number of carbonyl (C=O) groups excluding carboxylic acids is 4. The maximum atomic E-state index is 13.4. The first-order valence-electron chi connectivity index (χ1n) is 42.2. The third kappa shape index (κ3) is 27.4. The zero-order chi connectivity index (χ0) is 88.5. The van der Waals surface area contributed by atoms with Crippen LogP contribution in [0.15, 0.2) is 158 Å². The molecular formula is C89H107Br3Cl2N11NaO14S5. The van der Waals surface area contributed by atoms with Crippen LogP contribution >= 0.6 is 93.7 Å². The number of amides is 1. The molecular weight excluding hydrogens is 1940 g/mol. The van der Waals surface area contributed by atoms with Gasteiger partial charge in [0.2, 0.25) is 0 Å². The molecule has 7 saturated carbocycles. The van der Waals surface area contributed by atoms with Gasteiger partial charge in [-0.05, 0) is 198 Å². The van der Waals surface area contributed by atoms with Crippen molar-refractivity contribution in [3.05, 3.63) is 168 Å². The summed E-state index contributed by atoms with van der Waals surface area (Å²) < 4.78 is 100. The Morgan fingerprint density at radius 3 is 1.44 bits per heavy atom. The predicted molar refractivity (Wildman–Crippen MR) is 498 cm³/mol. The third-order valence-corrected chi connectivity index (χ3v) is 33.7. The first kappa shape index (κ1) is 99.7. The van der Waals surface area contributed by atoms with Gasteiger partial charge in [0, 0.05) is 42.1 Å². The summed E-state index contributed by atoms with van der Waals surface area (Å²) in [6.45, 7) is 8.28. The topological polar surface area (TPSA) is 343 Å². The largest absolute Gasteiger partial charge is 1.00 e. The van der Waals surface area contributed by atoms with Gasteiger partial charge in [0.15, 0.2) is 29.9 Å². The number of carbonyl (C=O) groups is 4. The van der Waals surface area contributed by atoms with Crippen molar-refractivity contribution in [2.45, 2.75) is 230 Å². The van der Waals surface area contributed by atoms with Crippen LogP contribution in [0, 0.1) is 41.4 Å². The van der Waals surface area contributed by atoms with Gasteiger partial charge in [-0.1, -0.05) is 225 Å². The van der Waals surface area contributed by atoms with E-state index in [4.69, 9.17) is 47.9 Å². The number of esters is 3. The second kappa shape index (κ2) is 46.8. The Balaban J connectivity index is 0.000000150. The van der Waals surface area contributed by atoms with E-state index in [9.17, 15) is 44.8 Å². The van der Waals surface area contributed by atoms with Crippen LogP contribution in [0.1, 0.15) is 197 Å². The molecule has 125 heavy (non-hydrogen) atoms. The fourth-order valence-electron chi connectivity index (χ4n) is 17.1. The van der Waals surface area contributed by atoms with E-state index in [1.165, 1.54) is 98.8 Å². The summed E-state index contributed by atoms with van der Waals surface area (Å²) in [5.41, 5.74) is 11.3. The molecule has 13 atom stereocenters. The van der Waals surface area contributed by atoms with Crippen molar-refractivity contribution in [1.29, 1.82) is 0 Å². The molecule has 10 aromatic rings. The van der Waals surface area contributed by atoms with Gasteiger partial charge in [-0.15, -0.1) is 0 Å². The number of aromatic nitrogens is 8. The summed E-state index contributed by atoms with van der Waals surface area (Å²) in [6.07, 6.45) is 31.4. The Bertz CT molecular complexity index is 5580. The number of nitrogens with zero attached hydrogens (tertiary/aromatic N) is 9. The quantitative estimate of drug-likeness (QED) is 0.0186. The predicted octanol–water partition coefficient (Wildman–Crippen LogP) is 17.4. The molecule has 5 aromatic carbocycles. The number of nitrogens with two attached hydrogens (primary N) is 1. The van der Waals surface area contributed by atoms with Crippen molar-refractivity contribution < 1.29 is 93.3 Å². The molecule has 7 fully saturated rings. The number of halogens is 5. The summed E-state index contributed by atoms with van der Waals surface area (Å²) in [7, 11) is -2.44. The molecule has 0 radical (unpaired) electrons. The van der Waals surface area contributed by atoms with E-state index < -0.39 is 42.8 Å². The van der Waals surface area contributed by atoms with Crippen molar-refractivity contribution in [2.75, 3.05) is 32.4 Å². The van der Waals surface area contributed by atoms with Gasteiger partial charge in [-0.3, -0.25) is 32.8 Å². The molecule has 5 aromatic heterocycles. The van der Waals surface area contributed by atoms with Crippen LogP contribution in [0.2, 0.25) is 8.67 Å². The average molecular weight is 2050 g/mol. The molecule has 6 heterocycles. The number of nitrogens with one attached hydrogen (secondary N) is 1. The number of ether oxygens (including phenoxy) is 4. The first-order valence-corrected chi connectivity index (χ1v) is 51.3. The average Bonchev–Trinajstić information content (AvgIpc) is 1.60. The van der Waals surface area contributed by atoms with Crippen molar-refractivity contribution in [1.82, 2.24) is 39.3 Å². The summed E-state index contributed by atoms with van der Waals surface area (Å²) in [4.78, 5) is 62.0.